The molecule has 6 aromatic rings. The van der Waals surface area contributed by atoms with Crippen molar-refractivity contribution in [1.82, 2.24) is 30.1 Å². The zero-order valence-electron chi connectivity index (χ0n) is 21.3. The SMILES string of the molecule is CC(=O)c1ccc(-c2nccc3[nH]c(-c4n[nH]c5cc(F)c(-c6cncc(NC(=O)C7CCC7)c6)cc45)nc23)s1. The number of nitrogens with zero attached hydrogens (tertiary/aromatic N) is 4. The van der Waals surface area contributed by atoms with E-state index in [4.69, 9.17) is 4.98 Å². The molecule has 5 aromatic heterocycles. The molecule has 1 aliphatic carbocycles. The van der Waals surface area contributed by atoms with Crippen LogP contribution in [0.15, 0.2) is 55.0 Å². The van der Waals surface area contributed by atoms with Gasteiger partial charge in [0, 0.05) is 40.9 Å². The molecule has 1 fully saturated rings. The summed E-state index contributed by atoms with van der Waals surface area (Å²) in [6.45, 7) is 1.54. The molecule has 5 heterocycles. The van der Waals surface area contributed by atoms with Crippen LogP contribution in [0.3, 0.4) is 0 Å². The highest BCUT2D eigenvalue weighted by Crippen LogP contribution is 2.36. The zero-order chi connectivity index (χ0) is 27.4. The number of benzene rings is 1. The van der Waals surface area contributed by atoms with Crippen molar-refractivity contribution in [2.75, 3.05) is 5.32 Å². The van der Waals surface area contributed by atoms with E-state index >= 15 is 4.39 Å². The van der Waals surface area contributed by atoms with E-state index < -0.39 is 5.82 Å². The first-order valence-electron chi connectivity index (χ1n) is 12.8. The number of hydrogen-bond donors (Lipinski definition) is 3. The highest BCUT2D eigenvalue weighted by molar-refractivity contribution is 7.17. The molecule has 1 aromatic carbocycles. The molecule has 1 amide bonds. The second-order valence-electron chi connectivity index (χ2n) is 9.89. The number of pyridine rings is 2. The molecular weight excluding hydrogens is 529 g/mol. The van der Waals surface area contributed by atoms with Crippen LogP contribution in [0.2, 0.25) is 0 Å². The van der Waals surface area contributed by atoms with Crippen molar-refractivity contribution in [3.63, 3.8) is 0 Å². The Balaban J connectivity index is 1.28. The Bertz CT molecular complexity index is 1950. The Morgan fingerprint density at radius 2 is 1.95 bits per heavy atom. The summed E-state index contributed by atoms with van der Waals surface area (Å²) in [5.41, 5.74) is 4.50. The van der Waals surface area contributed by atoms with Crippen molar-refractivity contribution < 1.29 is 14.0 Å². The van der Waals surface area contributed by atoms with Gasteiger partial charge in [0.15, 0.2) is 11.6 Å². The molecule has 0 radical (unpaired) electrons. The quantitative estimate of drug-likeness (QED) is 0.206. The first-order chi connectivity index (χ1) is 19.4. The van der Waals surface area contributed by atoms with Gasteiger partial charge in [0.25, 0.3) is 0 Å². The molecule has 1 aliphatic rings. The molecule has 40 heavy (non-hydrogen) atoms. The molecular formula is C29H22FN7O2S. The Hall–Kier alpha value is -4.77. The number of H-pyrrole nitrogens is 2. The predicted octanol–water partition coefficient (Wildman–Crippen LogP) is 6.37. The minimum absolute atomic E-state index is 0.00125. The Labute approximate surface area is 230 Å². The maximum absolute atomic E-state index is 15.3. The second kappa shape index (κ2) is 9.45. The highest BCUT2D eigenvalue weighted by atomic mass is 32.1. The van der Waals surface area contributed by atoms with E-state index in [1.165, 1.54) is 24.3 Å². The normalized spacial score (nSPS) is 13.6. The van der Waals surface area contributed by atoms with Crippen molar-refractivity contribution in [3.05, 3.63) is 65.7 Å². The number of carbonyl (C=O) groups is 2. The van der Waals surface area contributed by atoms with Gasteiger partial charge < -0.3 is 10.3 Å². The number of nitrogens with one attached hydrogen (secondary N) is 3. The van der Waals surface area contributed by atoms with E-state index in [-0.39, 0.29) is 17.6 Å². The fourth-order valence-corrected chi connectivity index (χ4v) is 5.79. The molecule has 3 N–H and O–H groups in total. The number of aromatic nitrogens is 6. The Morgan fingerprint density at radius 3 is 2.73 bits per heavy atom. The highest BCUT2D eigenvalue weighted by Gasteiger charge is 2.25. The third kappa shape index (κ3) is 4.15. The van der Waals surface area contributed by atoms with Crippen LogP contribution in [0, 0.1) is 11.7 Å². The molecule has 11 heteroatoms. The summed E-state index contributed by atoms with van der Waals surface area (Å²) in [4.78, 5) is 42.6. The first-order valence-corrected chi connectivity index (χ1v) is 13.7. The van der Waals surface area contributed by atoms with Crippen LogP contribution in [-0.4, -0.2) is 41.8 Å². The number of ketones is 1. The maximum Gasteiger partial charge on any atom is 0.227 e. The van der Waals surface area contributed by atoms with E-state index in [1.807, 2.05) is 12.1 Å². The lowest BCUT2D eigenvalue weighted by molar-refractivity contribution is -0.122. The summed E-state index contributed by atoms with van der Waals surface area (Å²) in [7, 11) is 0. The predicted molar refractivity (Wildman–Crippen MR) is 151 cm³/mol. The molecule has 0 spiro atoms. The topological polar surface area (TPSA) is 129 Å². The van der Waals surface area contributed by atoms with Crippen LogP contribution in [0.4, 0.5) is 10.1 Å². The van der Waals surface area contributed by atoms with Crippen molar-refractivity contribution >= 4 is 50.7 Å². The van der Waals surface area contributed by atoms with E-state index in [1.54, 1.807) is 36.8 Å². The van der Waals surface area contributed by atoms with E-state index in [2.05, 4.69) is 30.5 Å². The van der Waals surface area contributed by atoms with Crippen LogP contribution in [0.5, 0.6) is 0 Å². The average Bonchev–Trinajstić information content (AvgIpc) is 3.65. The standard InChI is InChI=1S/C29H22FN7O2S/c1-14(38)23-5-6-24(40-23)27-26-21(7-8-32-27)34-28(35-26)25-19-10-18(20(30)11-22(19)36-37-25)16-9-17(13-31-12-16)33-29(39)15-3-2-4-15/h5-13,15H,2-4H2,1H3,(H,33,39)(H,34,35)(H,36,37). The summed E-state index contributed by atoms with van der Waals surface area (Å²) >= 11 is 1.37. The molecule has 0 atom stereocenters. The minimum Gasteiger partial charge on any atom is -0.336 e. The van der Waals surface area contributed by atoms with Crippen molar-refractivity contribution in [2.24, 2.45) is 5.92 Å². The molecule has 0 bridgehead atoms. The molecule has 0 aliphatic heterocycles. The van der Waals surface area contributed by atoms with Gasteiger partial charge in [-0.05, 0) is 50.1 Å². The van der Waals surface area contributed by atoms with Gasteiger partial charge in [-0.2, -0.15) is 5.10 Å². The smallest absolute Gasteiger partial charge is 0.227 e. The minimum atomic E-state index is -0.443. The van der Waals surface area contributed by atoms with Crippen LogP contribution in [0.25, 0.3) is 55.2 Å². The average molecular weight is 552 g/mol. The third-order valence-electron chi connectivity index (χ3n) is 7.25. The number of anilines is 1. The summed E-state index contributed by atoms with van der Waals surface area (Å²) in [5, 5.41) is 10.9. The summed E-state index contributed by atoms with van der Waals surface area (Å²) in [5.74, 6) is 0.0505. The number of hydrogen-bond acceptors (Lipinski definition) is 7. The number of amides is 1. The number of rotatable bonds is 6. The Morgan fingerprint density at radius 1 is 1.07 bits per heavy atom. The van der Waals surface area contributed by atoms with Crippen LogP contribution >= 0.6 is 11.3 Å². The van der Waals surface area contributed by atoms with Gasteiger partial charge in [-0.25, -0.2) is 9.37 Å². The lowest BCUT2D eigenvalue weighted by Crippen LogP contribution is -2.28. The van der Waals surface area contributed by atoms with Crippen molar-refractivity contribution in [2.45, 2.75) is 26.2 Å². The van der Waals surface area contributed by atoms with Gasteiger partial charge in [0.05, 0.1) is 32.7 Å². The summed E-state index contributed by atoms with van der Waals surface area (Å²) < 4.78 is 15.3. The second-order valence-corrected chi connectivity index (χ2v) is 11.0. The number of carbonyl (C=O) groups excluding carboxylic acids is 2. The lowest BCUT2D eigenvalue weighted by Gasteiger charge is -2.24. The van der Waals surface area contributed by atoms with Crippen molar-refractivity contribution in [1.29, 1.82) is 0 Å². The molecule has 0 unspecified atom stereocenters. The summed E-state index contributed by atoms with van der Waals surface area (Å²) in [6, 6.07) is 10.3. The number of aromatic amines is 2. The van der Waals surface area contributed by atoms with Gasteiger partial charge >= 0.3 is 0 Å². The number of Topliss-reactive ketones (excluding diaryl/α,β-unsaturated/α-hetero) is 1. The van der Waals surface area contributed by atoms with Gasteiger partial charge in [0.1, 0.15) is 22.7 Å². The van der Waals surface area contributed by atoms with Crippen LogP contribution in [-0.2, 0) is 4.79 Å². The zero-order valence-corrected chi connectivity index (χ0v) is 22.1. The molecule has 7 rings (SSSR count). The number of fused-ring (bicyclic) bond motifs is 2. The molecule has 0 saturated heterocycles. The maximum atomic E-state index is 15.3. The first kappa shape index (κ1) is 24.3. The van der Waals surface area contributed by atoms with Gasteiger partial charge in [-0.3, -0.25) is 24.7 Å². The number of thiophene rings is 1. The lowest BCUT2D eigenvalue weighted by atomic mass is 9.85. The van der Waals surface area contributed by atoms with E-state index in [9.17, 15) is 9.59 Å². The third-order valence-corrected chi connectivity index (χ3v) is 8.45. The Kier molecular flexibility index (Phi) is 5.74. The van der Waals surface area contributed by atoms with Crippen LogP contribution < -0.4 is 5.32 Å². The van der Waals surface area contributed by atoms with Crippen LogP contribution in [0.1, 0.15) is 35.9 Å². The molecule has 1 saturated carbocycles. The van der Waals surface area contributed by atoms with Gasteiger partial charge in [-0.1, -0.05) is 6.42 Å². The monoisotopic (exact) mass is 551 g/mol. The molecule has 198 valence electrons. The summed E-state index contributed by atoms with van der Waals surface area (Å²) in [6.07, 6.45) is 7.66. The van der Waals surface area contributed by atoms with E-state index in [0.717, 1.165) is 29.7 Å². The van der Waals surface area contributed by atoms with E-state index in [0.29, 0.717) is 55.3 Å². The molecule has 9 nitrogen and oxygen atoms in total. The van der Waals surface area contributed by atoms with Crippen molar-refractivity contribution in [3.8, 4) is 33.2 Å². The number of halogens is 1. The fourth-order valence-electron chi connectivity index (χ4n) is 4.89. The van der Waals surface area contributed by atoms with Gasteiger partial charge in [0.2, 0.25) is 5.91 Å². The number of imidazole rings is 1. The fraction of sp³-hybridized carbons (Fsp3) is 0.172. The largest absolute Gasteiger partial charge is 0.336 e. The van der Waals surface area contributed by atoms with Gasteiger partial charge in [-0.15, -0.1) is 11.3 Å².